The number of fused-ring (bicyclic) bond motifs is 1. The van der Waals surface area contributed by atoms with Crippen molar-refractivity contribution in [3.8, 4) is 11.5 Å². The second-order valence-electron chi connectivity index (χ2n) is 6.11. The first-order valence-corrected chi connectivity index (χ1v) is 11.3. The Hall–Kier alpha value is -2.30. The molecular weight excluding hydrogens is 400 g/mol. The molecule has 3 rings (SSSR count). The Morgan fingerprint density at radius 1 is 1.29 bits per heavy atom. The smallest absolute Gasteiger partial charge is 0.250 e. The van der Waals surface area contributed by atoms with Crippen LogP contribution in [0, 0.1) is 0 Å². The van der Waals surface area contributed by atoms with Crippen molar-refractivity contribution < 1.29 is 17.9 Å². The molecule has 28 heavy (non-hydrogen) atoms. The van der Waals surface area contributed by atoms with Crippen LogP contribution in [0.2, 0.25) is 0 Å². The summed E-state index contributed by atoms with van der Waals surface area (Å²) in [5.41, 5.74) is 1.07. The average Bonchev–Trinajstić information content (AvgIpc) is 3.35. The van der Waals surface area contributed by atoms with E-state index in [1.807, 2.05) is 37.1 Å². The van der Waals surface area contributed by atoms with E-state index in [-0.39, 0.29) is 13.3 Å². The first-order valence-electron chi connectivity index (χ1n) is 8.91. The summed E-state index contributed by atoms with van der Waals surface area (Å²) in [5.74, 6) is 2.20. The van der Waals surface area contributed by atoms with E-state index in [1.54, 1.807) is 17.5 Å². The summed E-state index contributed by atoms with van der Waals surface area (Å²) < 4.78 is 37.9. The van der Waals surface area contributed by atoms with Crippen LogP contribution in [0.1, 0.15) is 12.5 Å². The lowest BCUT2D eigenvalue weighted by molar-refractivity contribution is 0.174. The molecule has 0 radical (unpaired) electrons. The van der Waals surface area contributed by atoms with E-state index in [2.05, 4.69) is 15.0 Å². The van der Waals surface area contributed by atoms with Crippen molar-refractivity contribution in [2.24, 2.45) is 4.99 Å². The molecular formula is C18H24N4O4S2. The van der Waals surface area contributed by atoms with Crippen LogP contribution in [0.25, 0.3) is 0 Å². The van der Waals surface area contributed by atoms with Gasteiger partial charge in [-0.1, -0.05) is 12.1 Å². The van der Waals surface area contributed by atoms with Crippen LogP contribution in [0.3, 0.4) is 0 Å². The molecule has 0 unspecified atom stereocenters. The quantitative estimate of drug-likeness (QED) is 0.382. The molecule has 1 aliphatic rings. The van der Waals surface area contributed by atoms with Crippen LogP contribution in [0.4, 0.5) is 0 Å². The lowest BCUT2D eigenvalue weighted by atomic mass is 10.2. The third-order valence-electron chi connectivity index (χ3n) is 3.98. The van der Waals surface area contributed by atoms with Gasteiger partial charge in [-0.25, -0.2) is 13.1 Å². The predicted molar refractivity (Wildman–Crippen MR) is 110 cm³/mol. The molecule has 0 amide bonds. The fraction of sp³-hybridized carbons (Fsp3) is 0.389. The second-order valence-corrected chi connectivity index (χ2v) is 9.05. The normalized spacial score (nSPS) is 13.6. The summed E-state index contributed by atoms with van der Waals surface area (Å²) in [4.78, 5) is 6.50. The number of hydrogen-bond donors (Lipinski definition) is 2. The maximum absolute atomic E-state index is 12.1. The third-order valence-corrected chi connectivity index (χ3v) is 6.84. The summed E-state index contributed by atoms with van der Waals surface area (Å²) in [7, 11) is -1.53. The molecule has 0 spiro atoms. The molecule has 0 bridgehead atoms. The summed E-state index contributed by atoms with van der Waals surface area (Å²) in [6.07, 6.45) is 0. The SMILES string of the molecule is CCNC(=NCCNS(=O)(=O)c1cccs1)N(C)Cc1ccc2c(c1)OCO2. The van der Waals surface area contributed by atoms with Gasteiger partial charge in [0.2, 0.25) is 16.8 Å². The molecule has 2 N–H and O–H groups in total. The number of guanidine groups is 1. The van der Waals surface area contributed by atoms with Crippen molar-refractivity contribution in [1.29, 1.82) is 0 Å². The minimum absolute atomic E-state index is 0.229. The van der Waals surface area contributed by atoms with E-state index in [0.29, 0.717) is 29.8 Å². The van der Waals surface area contributed by atoms with E-state index in [0.717, 1.165) is 17.1 Å². The Morgan fingerprint density at radius 2 is 2.11 bits per heavy atom. The molecule has 1 aromatic carbocycles. The third kappa shape index (κ3) is 5.15. The van der Waals surface area contributed by atoms with Gasteiger partial charge in [-0.05, 0) is 36.1 Å². The van der Waals surface area contributed by atoms with Crippen molar-refractivity contribution in [3.63, 3.8) is 0 Å². The van der Waals surface area contributed by atoms with E-state index in [1.165, 1.54) is 11.3 Å². The van der Waals surface area contributed by atoms with Gasteiger partial charge in [0.15, 0.2) is 17.5 Å². The highest BCUT2D eigenvalue weighted by Crippen LogP contribution is 2.32. The number of thiophene rings is 1. The highest BCUT2D eigenvalue weighted by molar-refractivity contribution is 7.91. The zero-order valence-electron chi connectivity index (χ0n) is 15.8. The Bertz CT molecular complexity index is 914. The van der Waals surface area contributed by atoms with Gasteiger partial charge in [0.25, 0.3) is 0 Å². The standard InChI is InChI=1S/C18H24N4O4S2/c1-3-19-18(20-8-9-21-28(23,24)17-5-4-10-27-17)22(2)12-14-6-7-15-16(11-14)26-13-25-15/h4-7,10-11,21H,3,8-9,12-13H2,1-2H3,(H,19,20). The van der Waals surface area contributed by atoms with Crippen LogP contribution in [-0.4, -0.2) is 52.8 Å². The van der Waals surface area contributed by atoms with Gasteiger partial charge in [0.05, 0.1) is 6.54 Å². The lowest BCUT2D eigenvalue weighted by Gasteiger charge is -2.22. The second kappa shape index (κ2) is 9.26. The molecule has 0 saturated heterocycles. The summed E-state index contributed by atoms with van der Waals surface area (Å²) in [6, 6.07) is 9.14. The summed E-state index contributed by atoms with van der Waals surface area (Å²) in [6.45, 7) is 4.14. The van der Waals surface area contributed by atoms with Gasteiger partial charge in [-0.2, -0.15) is 0 Å². The van der Waals surface area contributed by atoms with Gasteiger partial charge < -0.3 is 19.7 Å². The van der Waals surface area contributed by atoms with Crippen LogP contribution >= 0.6 is 11.3 Å². The van der Waals surface area contributed by atoms with Crippen LogP contribution < -0.4 is 19.5 Å². The number of benzene rings is 1. The summed E-state index contributed by atoms with van der Waals surface area (Å²) >= 11 is 1.19. The molecule has 10 heteroatoms. The molecule has 1 aromatic heterocycles. The fourth-order valence-electron chi connectivity index (χ4n) is 2.69. The molecule has 0 aliphatic carbocycles. The molecule has 0 atom stereocenters. The Kier molecular flexibility index (Phi) is 6.76. The van der Waals surface area contributed by atoms with Crippen LogP contribution in [-0.2, 0) is 16.6 Å². The van der Waals surface area contributed by atoms with Gasteiger partial charge >= 0.3 is 0 Å². The van der Waals surface area contributed by atoms with Crippen molar-refractivity contribution in [2.45, 2.75) is 17.7 Å². The number of ether oxygens (including phenoxy) is 2. The topological polar surface area (TPSA) is 92.3 Å². The molecule has 8 nitrogen and oxygen atoms in total. The van der Waals surface area contributed by atoms with Gasteiger partial charge in [0, 0.05) is 26.7 Å². The Balaban J connectivity index is 1.57. The monoisotopic (exact) mass is 424 g/mol. The lowest BCUT2D eigenvalue weighted by Crippen LogP contribution is -2.39. The van der Waals surface area contributed by atoms with Crippen molar-refractivity contribution in [3.05, 3.63) is 41.3 Å². The molecule has 152 valence electrons. The maximum Gasteiger partial charge on any atom is 0.250 e. The molecule has 0 fully saturated rings. The number of rotatable bonds is 8. The molecule has 2 aromatic rings. The first-order chi connectivity index (χ1) is 13.5. The maximum atomic E-state index is 12.1. The highest BCUT2D eigenvalue weighted by Gasteiger charge is 2.16. The average molecular weight is 425 g/mol. The number of sulfonamides is 1. The fourth-order valence-corrected chi connectivity index (χ4v) is 4.75. The van der Waals surface area contributed by atoms with E-state index in [9.17, 15) is 8.42 Å². The molecule has 2 heterocycles. The largest absolute Gasteiger partial charge is 0.454 e. The van der Waals surface area contributed by atoms with Crippen LogP contribution in [0.5, 0.6) is 11.5 Å². The predicted octanol–water partition coefficient (Wildman–Crippen LogP) is 1.85. The van der Waals surface area contributed by atoms with E-state index < -0.39 is 10.0 Å². The zero-order chi connectivity index (χ0) is 20.0. The van der Waals surface area contributed by atoms with Crippen molar-refractivity contribution in [1.82, 2.24) is 14.9 Å². The Labute approximate surface area is 169 Å². The number of aliphatic imine (C=N–C) groups is 1. The van der Waals surface area contributed by atoms with Gasteiger partial charge in [-0.15, -0.1) is 11.3 Å². The number of nitrogens with one attached hydrogen (secondary N) is 2. The molecule has 1 aliphatic heterocycles. The van der Waals surface area contributed by atoms with Gasteiger partial charge in [0.1, 0.15) is 4.21 Å². The number of nitrogens with zero attached hydrogens (tertiary/aromatic N) is 2. The highest BCUT2D eigenvalue weighted by atomic mass is 32.2. The molecule has 0 saturated carbocycles. The van der Waals surface area contributed by atoms with Gasteiger partial charge in [-0.3, -0.25) is 4.99 Å². The van der Waals surface area contributed by atoms with Crippen molar-refractivity contribution >= 4 is 27.3 Å². The first kappa shape index (κ1) is 20.4. The van der Waals surface area contributed by atoms with E-state index >= 15 is 0 Å². The van der Waals surface area contributed by atoms with Crippen molar-refractivity contribution in [2.75, 3.05) is 33.5 Å². The number of hydrogen-bond acceptors (Lipinski definition) is 6. The Morgan fingerprint density at radius 3 is 2.86 bits per heavy atom. The minimum atomic E-state index is -3.46. The van der Waals surface area contributed by atoms with Crippen LogP contribution in [0.15, 0.2) is 44.9 Å². The summed E-state index contributed by atoms with van der Waals surface area (Å²) in [5, 5.41) is 4.96. The zero-order valence-corrected chi connectivity index (χ0v) is 17.5. The van der Waals surface area contributed by atoms with E-state index in [4.69, 9.17) is 9.47 Å². The minimum Gasteiger partial charge on any atom is -0.454 e.